The van der Waals surface area contributed by atoms with Gasteiger partial charge in [-0.25, -0.2) is 9.18 Å². The van der Waals surface area contributed by atoms with Crippen LogP contribution in [-0.4, -0.2) is 56.8 Å². The van der Waals surface area contributed by atoms with Gasteiger partial charge in [-0.15, -0.1) is 0 Å². The summed E-state index contributed by atoms with van der Waals surface area (Å²) in [7, 11) is 4.74. The third kappa shape index (κ3) is 4.52. The number of halogens is 1. The number of likely N-dealkylation sites (tertiary alicyclic amines) is 1. The molecule has 8 nitrogen and oxygen atoms in total. The maximum absolute atomic E-state index is 14.4. The van der Waals surface area contributed by atoms with Crippen molar-refractivity contribution in [3.8, 4) is 17.2 Å². The van der Waals surface area contributed by atoms with E-state index in [0.717, 1.165) is 18.7 Å². The van der Waals surface area contributed by atoms with Crippen molar-refractivity contribution < 1.29 is 28.2 Å². The Morgan fingerprint density at radius 1 is 1.03 bits per heavy atom. The average Bonchev–Trinajstić information content (AvgIpc) is 3.13. The third-order valence-electron chi connectivity index (χ3n) is 6.81. The average molecular weight is 472 g/mol. The molecular weight excluding hydrogens is 441 g/mol. The van der Waals surface area contributed by atoms with Gasteiger partial charge < -0.3 is 19.5 Å². The molecule has 1 atom stereocenters. The Kier molecular flexibility index (Phi) is 6.92. The Labute approximate surface area is 198 Å². The smallest absolute Gasteiger partial charge is 0.322 e. The van der Waals surface area contributed by atoms with E-state index in [1.54, 1.807) is 39.5 Å². The monoisotopic (exact) mass is 471 g/mol. The van der Waals surface area contributed by atoms with Gasteiger partial charge in [0.05, 0.1) is 21.3 Å². The number of urea groups is 1. The SMILES string of the molecule is COc1cc(CN2CCC(C3(Cc4ccccc4F)NC(=O)NC3=O)CC2)cc(OC)c1OC. The molecule has 2 aromatic rings. The van der Waals surface area contributed by atoms with E-state index in [1.165, 1.54) is 6.07 Å². The molecule has 0 aromatic heterocycles. The van der Waals surface area contributed by atoms with Crippen LogP contribution in [-0.2, 0) is 17.8 Å². The summed E-state index contributed by atoms with van der Waals surface area (Å²) in [5.74, 6) is 0.863. The highest BCUT2D eigenvalue weighted by Gasteiger charge is 2.52. The highest BCUT2D eigenvalue weighted by molar-refractivity contribution is 6.07. The highest BCUT2D eigenvalue weighted by Crippen LogP contribution is 2.39. The maximum Gasteiger partial charge on any atom is 0.322 e. The predicted molar refractivity (Wildman–Crippen MR) is 124 cm³/mol. The molecular formula is C25H30FN3O5. The number of nitrogens with zero attached hydrogens (tertiary/aromatic N) is 1. The van der Waals surface area contributed by atoms with Crippen molar-refractivity contribution in [3.05, 3.63) is 53.3 Å². The second-order valence-corrected chi connectivity index (χ2v) is 8.73. The fourth-order valence-corrected chi connectivity index (χ4v) is 5.07. The van der Waals surface area contributed by atoms with Crippen molar-refractivity contribution in [2.75, 3.05) is 34.4 Å². The largest absolute Gasteiger partial charge is 0.493 e. The minimum absolute atomic E-state index is 0.116. The number of methoxy groups -OCH3 is 3. The standard InChI is InChI=1S/C25H30FN3O5/c1-32-20-12-16(13-21(33-2)22(20)34-3)15-29-10-8-18(9-11-29)25(23(30)27-24(31)28-25)14-17-6-4-5-7-19(17)26/h4-7,12-13,18H,8-11,14-15H2,1-3H3,(H2,27,28,30,31). The molecule has 182 valence electrons. The van der Waals surface area contributed by atoms with Crippen LogP contribution in [0, 0.1) is 11.7 Å². The van der Waals surface area contributed by atoms with Crippen LogP contribution < -0.4 is 24.8 Å². The first-order valence-electron chi connectivity index (χ1n) is 11.3. The van der Waals surface area contributed by atoms with Crippen molar-refractivity contribution in [3.63, 3.8) is 0 Å². The Bertz CT molecular complexity index is 1050. The number of rotatable bonds is 8. The number of hydrogen-bond acceptors (Lipinski definition) is 6. The zero-order valence-electron chi connectivity index (χ0n) is 19.7. The Balaban J connectivity index is 1.49. The van der Waals surface area contributed by atoms with Gasteiger partial charge in [0.1, 0.15) is 11.4 Å². The number of carbonyl (C=O) groups is 2. The van der Waals surface area contributed by atoms with Crippen LogP contribution in [0.3, 0.4) is 0 Å². The molecule has 2 heterocycles. The van der Waals surface area contributed by atoms with Crippen LogP contribution in [0.15, 0.2) is 36.4 Å². The van der Waals surface area contributed by atoms with Crippen LogP contribution in [0.1, 0.15) is 24.0 Å². The molecule has 0 spiro atoms. The fourth-order valence-electron chi connectivity index (χ4n) is 5.07. The molecule has 34 heavy (non-hydrogen) atoms. The molecule has 2 N–H and O–H groups in total. The lowest BCUT2D eigenvalue weighted by atomic mass is 9.74. The second kappa shape index (κ2) is 9.89. The second-order valence-electron chi connectivity index (χ2n) is 8.73. The van der Waals surface area contributed by atoms with Gasteiger partial charge in [0, 0.05) is 13.0 Å². The molecule has 1 unspecified atom stereocenters. The van der Waals surface area contributed by atoms with Gasteiger partial charge in [-0.05, 0) is 61.2 Å². The van der Waals surface area contributed by atoms with Gasteiger partial charge in [0.2, 0.25) is 5.75 Å². The van der Waals surface area contributed by atoms with Crippen molar-refractivity contribution in [2.45, 2.75) is 31.3 Å². The Hall–Kier alpha value is -3.33. The topological polar surface area (TPSA) is 89.1 Å². The van der Waals surface area contributed by atoms with Crippen LogP contribution in [0.2, 0.25) is 0 Å². The number of imide groups is 1. The van der Waals surface area contributed by atoms with Gasteiger partial charge in [-0.1, -0.05) is 18.2 Å². The Morgan fingerprint density at radius 3 is 2.21 bits per heavy atom. The summed E-state index contributed by atoms with van der Waals surface area (Å²) >= 11 is 0. The number of amides is 3. The number of piperidine rings is 1. The predicted octanol–water partition coefficient (Wildman–Crippen LogP) is 2.88. The fraction of sp³-hybridized carbons (Fsp3) is 0.440. The van der Waals surface area contributed by atoms with Crippen LogP contribution in [0.4, 0.5) is 9.18 Å². The van der Waals surface area contributed by atoms with Crippen molar-refractivity contribution in [1.82, 2.24) is 15.5 Å². The molecule has 2 aromatic carbocycles. The summed E-state index contributed by atoms with van der Waals surface area (Å²) in [5, 5.41) is 5.21. The summed E-state index contributed by atoms with van der Waals surface area (Å²) < 4.78 is 30.7. The summed E-state index contributed by atoms with van der Waals surface area (Å²) in [6.07, 6.45) is 1.49. The lowest BCUT2D eigenvalue weighted by Gasteiger charge is -2.40. The zero-order chi connectivity index (χ0) is 24.3. The first-order chi connectivity index (χ1) is 16.4. The van der Waals surface area contributed by atoms with Crippen LogP contribution in [0.25, 0.3) is 0 Å². The van der Waals surface area contributed by atoms with E-state index in [2.05, 4.69) is 15.5 Å². The molecule has 3 amide bonds. The van der Waals surface area contributed by atoms with Gasteiger partial charge in [0.15, 0.2) is 11.5 Å². The van der Waals surface area contributed by atoms with E-state index in [0.29, 0.717) is 42.2 Å². The lowest BCUT2D eigenvalue weighted by molar-refractivity contribution is -0.126. The first kappa shape index (κ1) is 23.8. The van der Waals surface area contributed by atoms with E-state index in [4.69, 9.17) is 14.2 Å². The van der Waals surface area contributed by atoms with E-state index in [-0.39, 0.29) is 24.1 Å². The first-order valence-corrected chi connectivity index (χ1v) is 11.3. The van der Waals surface area contributed by atoms with Crippen molar-refractivity contribution in [1.29, 1.82) is 0 Å². The molecule has 0 radical (unpaired) electrons. The minimum atomic E-state index is -1.15. The summed E-state index contributed by atoms with van der Waals surface area (Å²) in [4.78, 5) is 27.3. The third-order valence-corrected chi connectivity index (χ3v) is 6.81. The Morgan fingerprint density at radius 2 is 1.68 bits per heavy atom. The van der Waals surface area contributed by atoms with Gasteiger partial charge >= 0.3 is 6.03 Å². The minimum Gasteiger partial charge on any atom is -0.493 e. The van der Waals surface area contributed by atoms with Crippen molar-refractivity contribution >= 4 is 11.9 Å². The van der Waals surface area contributed by atoms with Gasteiger partial charge in [-0.2, -0.15) is 0 Å². The molecule has 0 bridgehead atoms. The van der Waals surface area contributed by atoms with E-state index in [9.17, 15) is 14.0 Å². The van der Waals surface area contributed by atoms with Crippen LogP contribution in [0.5, 0.6) is 17.2 Å². The molecule has 4 rings (SSSR count). The normalized spacial score (nSPS) is 21.2. The molecule has 2 aliphatic heterocycles. The quantitative estimate of drug-likeness (QED) is 0.576. The van der Waals surface area contributed by atoms with E-state index < -0.39 is 11.6 Å². The number of ether oxygens (including phenoxy) is 3. The lowest BCUT2D eigenvalue weighted by Crippen LogP contribution is -2.57. The summed E-state index contributed by atoms with van der Waals surface area (Å²) in [6, 6.07) is 9.71. The number of nitrogens with one attached hydrogen (secondary N) is 2. The molecule has 9 heteroatoms. The van der Waals surface area contributed by atoms with E-state index in [1.807, 2.05) is 12.1 Å². The highest BCUT2D eigenvalue weighted by atomic mass is 19.1. The molecule has 2 aliphatic rings. The number of hydrogen-bond donors (Lipinski definition) is 2. The van der Waals surface area contributed by atoms with Crippen molar-refractivity contribution in [2.24, 2.45) is 5.92 Å². The molecule has 0 saturated carbocycles. The zero-order valence-corrected chi connectivity index (χ0v) is 19.7. The van der Waals surface area contributed by atoms with Crippen LogP contribution >= 0.6 is 0 Å². The van der Waals surface area contributed by atoms with Gasteiger partial charge in [-0.3, -0.25) is 15.0 Å². The molecule has 0 aliphatic carbocycles. The number of benzene rings is 2. The molecule has 2 fully saturated rings. The van der Waals surface area contributed by atoms with Gasteiger partial charge in [0.25, 0.3) is 5.91 Å². The van der Waals surface area contributed by atoms with E-state index >= 15 is 0 Å². The summed E-state index contributed by atoms with van der Waals surface area (Å²) in [5.41, 5.74) is 0.276. The number of carbonyl (C=O) groups excluding carboxylic acids is 2. The molecule has 2 saturated heterocycles. The maximum atomic E-state index is 14.4. The summed E-state index contributed by atoms with van der Waals surface area (Å²) in [6.45, 7) is 2.12.